The van der Waals surface area contributed by atoms with Gasteiger partial charge in [0.15, 0.2) is 0 Å². The molecule has 0 unspecified atom stereocenters. The predicted octanol–water partition coefficient (Wildman–Crippen LogP) is 4.47. The molecule has 0 atom stereocenters. The van der Waals surface area contributed by atoms with Crippen LogP contribution in [0.4, 0.5) is 14.9 Å². The van der Waals surface area contributed by atoms with Gasteiger partial charge >= 0.3 is 6.03 Å². The number of methoxy groups -OCH3 is 1. The first-order valence-electron chi connectivity index (χ1n) is 8.57. The minimum absolute atomic E-state index is 0.0706. The van der Waals surface area contributed by atoms with E-state index >= 15 is 0 Å². The average molecular weight is 342 g/mol. The van der Waals surface area contributed by atoms with Crippen molar-refractivity contribution in [3.63, 3.8) is 0 Å². The molecule has 0 spiro atoms. The number of rotatable bonds is 5. The highest BCUT2D eigenvalue weighted by Gasteiger charge is 2.35. The molecule has 0 heterocycles. The standard InChI is InChI=1S/C20H23FN2O2/c1-25-16-10-8-15(9-11-16)20(12-4-5-13-20)14-22-19(24)23-18-7-3-2-6-17(18)21/h2-3,6-11H,4-5,12-14H2,1H3,(H2,22,23,24). The molecule has 2 N–H and O–H groups in total. The predicted molar refractivity (Wildman–Crippen MR) is 96.6 cm³/mol. The van der Waals surface area contributed by atoms with Gasteiger partial charge < -0.3 is 15.4 Å². The second-order valence-corrected chi connectivity index (χ2v) is 6.50. The molecule has 3 rings (SSSR count). The number of para-hydroxylation sites is 1. The number of halogens is 1. The van der Waals surface area contributed by atoms with Gasteiger partial charge in [-0.1, -0.05) is 37.1 Å². The van der Waals surface area contributed by atoms with Crippen LogP contribution in [0.5, 0.6) is 5.75 Å². The Kier molecular flexibility index (Phi) is 5.22. The number of hydrogen-bond donors (Lipinski definition) is 2. The average Bonchev–Trinajstić information content (AvgIpc) is 3.12. The highest BCUT2D eigenvalue weighted by Crippen LogP contribution is 2.41. The Balaban J connectivity index is 1.67. The molecule has 1 aliphatic carbocycles. The summed E-state index contributed by atoms with van der Waals surface area (Å²) in [7, 11) is 1.65. The molecule has 132 valence electrons. The third kappa shape index (κ3) is 3.92. The van der Waals surface area contributed by atoms with Crippen LogP contribution in [0.15, 0.2) is 48.5 Å². The van der Waals surface area contributed by atoms with Crippen molar-refractivity contribution < 1.29 is 13.9 Å². The fraction of sp³-hybridized carbons (Fsp3) is 0.350. The van der Waals surface area contributed by atoms with Crippen molar-refractivity contribution in [3.8, 4) is 5.75 Å². The Morgan fingerprint density at radius 1 is 1.12 bits per heavy atom. The van der Waals surface area contributed by atoms with Gasteiger partial charge in [-0.25, -0.2) is 9.18 Å². The van der Waals surface area contributed by atoms with Crippen LogP contribution in [0.3, 0.4) is 0 Å². The largest absolute Gasteiger partial charge is 0.497 e. The van der Waals surface area contributed by atoms with Gasteiger partial charge in [-0.2, -0.15) is 0 Å². The van der Waals surface area contributed by atoms with Crippen molar-refractivity contribution in [2.24, 2.45) is 0 Å². The van der Waals surface area contributed by atoms with Gasteiger partial charge in [-0.3, -0.25) is 0 Å². The van der Waals surface area contributed by atoms with Crippen LogP contribution in [0.1, 0.15) is 31.2 Å². The summed E-state index contributed by atoms with van der Waals surface area (Å²) in [6, 6.07) is 13.8. The number of hydrogen-bond acceptors (Lipinski definition) is 2. The fourth-order valence-electron chi connectivity index (χ4n) is 3.54. The molecule has 0 aromatic heterocycles. The van der Waals surface area contributed by atoms with E-state index in [1.807, 2.05) is 12.1 Å². The lowest BCUT2D eigenvalue weighted by molar-refractivity contribution is 0.248. The van der Waals surface area contributed by atoms with Crippen LogP contribution >= 0.6 is 0 Å². The van der Waals surface area contributed by atoms with Gasteiger partial charge in [0.1, 0.15) is 11.6 Å². The molecule has 2 aromatic rings. The molecule has 2 amide bonds. The number of amides is 2. The molecule has 1 aliphatic rings. The van der Waals surface area contributed by atoms with E-state index < -0.39 is 5.82 Å². The van der Waals surface area contributed by atoms with Gasteiger partial charge in [0.2, 0.25) is 0 Å². The highest BCUT2D eigenvalue weighted by atomic mass is 19.1. The van der Waals surface area contributed by atoms with Gasteiger partial charge in [0.25, 0.3) is 0 Å². The molecule has 5 heteroatoms. The Hall–Kier alpha value is -2.56. The minimum Gasteiger partial charge on any atom is -0.497 e. The van der Waals surface area contributed by atoms with Crippen molar-refractivity contribution in [1.29, 1.82) is 0 Å². The smallest absolute Gasteiger partial charge is 0.319 e. The molecule has 1 fully saturated rings. The summed E-state index contributed by atoms with van der Waals surface area (Å²) >= 11 is 0. The molecule has 0 radical (unpaired) electrons. The van der Waals surface area contributed by atoms with E-state index in [1.165, 1.54) is 11.6 Å². The van der Waals surface area contributed by atoms with Gasteiger partial charge in [-0.15, -0.1) is 0 Å². The SMILES string of the molecule is COc1ccc(C2(CNC(=O)Nc3ccccc3F)CCCC2)cc1. The first-order valence-corrected chi connectivity index (χ1v) is 8.57. The van der Waals surface area contributed by atoms with E-state index in [0.717, 1.165) is 31.4 Å². The lowest BCUT2D eigenvalue weighted by Crippen LogP contribution is -2.41. The molecular weight excluding hydrogens is 319 g/mol. The third-order valence-corrected chi connectivity index (χ3v) is 4.97. The fourth-order valence-corrected chi connectivity index (χ4v) is 3.54. The maximum Gasteiger partial charge on any atom is 0.319 e. The van der Waals surface area contributed by atoms with Crippen molar-refractivity contribution >= 4 is 11.7 Å². The Morgan fingerprint density at radius 3 is 2.44 bits per heavy atom. The number of carbonyl (C=O) groups excluding carboxylic acids is 1. The van der Waals surface area contributed by atoms with Crippen LogP contribution in [0.2, 0.25) is 0 Å². The molecule has 0 bridgehead atoms. The van der Waals surface area contributed by atoms with Crippen molar-refractivity contribution in [1.82, 2.24) is 5.32 Å². The first kappa shape index (κ1) is 17.3. The van der Waals surface area contributed by atoms with Crippen molar-refractivity contribution in [2.45, 2.75) is 31.1 Å². The third-order valence-electron chi connectivity index (χ3n) is 4.97. The van der Waals surface area contributed by atoms with E-state index in [1.54, 1.807) is 25.3 Å². The lowest BCUT2D eigenvalue weighted by Gasteiger charge is -2.30. The first-order chi connectivity index (χ1) is 12.1. The van der Waals surface area contributed by atoms with Crippen molar-refractivity contribution in [2.75, 3.05) is 19.0 Å². The van der Waals surface area contributed by atoms with Crippen LogP contribution in [0.25, 0.3) is 0 Å². The number of benzene rings is 2. The highest BCUT2D eigenvalue weighted by molar-refractivity contribution is 5.89. The second-order valence-electron chi connectivity index (χ2n) is 6.50. The van der Waals surface area contributed by atoms with Crippen molar-refractivity contribution in [3.05, 3.63) is 59.9 Å². The zero-order valence-corrected chi connectivity index (χ0v) is 14.3. The van der Waals surface area contributed by atoms with Crippen LogP contribution in [-0.4, -0.2) is 19.7 Å². The van der Waals surface area contributed by atoms with Gasteiger partial charge in [0, 0.05) is 12.0 Å². The second kappa shape index (κ2) is 7.55. The molecule has 0 saturated heterocycles. The summed E-state index contributed by atoms with van der Waals surface area (Å²) in [5.41, 5.74) is 1.32. The van der Waals surface area contributed by atoms with Crippen LogP contribution in [0, 0.1) is 5.82 Å². The van der Waals surface area contributed by atoms with E-state index in [4.69, 9.17) is 4.74 Å². The number of nitrogens with one attached hydrogen (secondary N) is 2. The minimum atomic E-state index is -0.441. The quantitative estimate of drug-likeness (QED) is 0.842. The number of ether oxygens (including phenoxy) is 1. The normalized spacial score (nSPS) is 15.6. The zero-order chi connectivity index (χ0) is 17.7. The Bertz CT molecular complexity index is 725. The number of urea groups is 1. The van der Waals surface area contributed by atoms with Gasteiger partial charge in [0.05, 0.1) is 12.8 Å². The molecule has 2 aromatic carbocycles. The van der Waals surface area contributed by atoms with Gasteiger partial charge in [-0.05, 0) is 42.7 Å². The zero-order valence-electron chi connectivity index (χ0n) is 14.3. The molecular formula is C20H23FN2O2. The maximum atomic E-state index is 13.6. The Morgan fingerprint density at radius 2 is 1.80 bits per heavy atom. The summed E-state index contributed by atoms with van der Waals surface area (Å²) in [6.07, 6.45) is 4.34. The molecule has 25 heavy (non-hydrogen) atoms. The molecule has 4 nitrogen and oxygen atoms in total. The topological polar surface area (TPSA) is 50.4 Å². The monoisotopic (exact) mass is 342 g/mol. The van der Waals surface area contributed by atoms with Crippen LogP contribution < -0.4 is 15.4 Å². The van der Waals surface area contributed by atoms with E-state index in [-0.39, 0.29) is 17.1 Å². The summed E-state index contributed by atoms with van der Waals surface area (Å²) < 4.78 is 18.9. The van der Waals surface area contributed by atoms with E-state index in [9.17, 15) is 9.18 Å². The van der Waals surface area contributed by atoms with E-state index in [0.29, 0.717) is 6.54 Å². The maximum absolute atomic E-state index is 13.6. The summed E-state index contributed by atoms with van der Waals surface area (Å²) in [4.78, 5) is 12.2. The lowest BCUT2D eigenvalue weighted by atomic mass is 9.79. The summed E-state index contributed by atoms with van der Waals surface area (Å²) in [6.45, 7) is 0.527. The van der Waals surface area contributed by atoms with Crippen LogP contribution in [-0.2, 0) is 5.41 Å². The summed E-state index contributed by atoms with van der Waals surface area (Å²) in [5, 5.41) is 5.50. The number of carbonyl (C=O) groups is 1. The molecule has 1 saturated carbocycles. The number of anilines is 1. The molecule has 0 aliphatic heterocycles. The summed E-state index contributed by atoms with van der Waals surface area (Å²) in [5.74, 6) is 0.380. The Labute approximate surface area is 147 Å². The van der Waals surface area contributed by atoms with E-state index in [2.05, 4.69) is 22.8 Å².